The molecule has 1 aliphatic carbocycles. The van der Waals surface area contributed by atoms with E-state index in [1.807, 2.05) is 10.9 Å². The van der Waals surface area contributed by atoms with Gasteiger partial charge in [0, 0.05) is 12.5 Å². The van der Waals surface area contributed by atoms with Gasteiger partial charge >= 0.3 is 0 Å². The van der Waals surface area contributed by atoms with Gasteiger partial charge in [-0.05, 0) is 54.4 Å². The summed E-state index contributed by atoms with van der Waals surface area (Å²) in [4.78, 5) is 0. The van der Waals surface area contributed by atoms with Crippen molar-refractivity contribution >= 4 is 10.9 Å². The second-order valence-electron chi connectivity index (χ2n) is 5.75. The van der Waals surface area contributed by atoms with Crippen molar-refractivity contribution in [3.63, 3.8) is 0 Å². The average Bonchev–Trinajstić information content (AvgIpc) is 2.97. The Kier molecular flexibility index (Phi) is 3.09. The van der Waals surface area contributed by atoms with Gasteiger partial charge in [0.1, 0.15) is 6.73 Å². The predicted molar refractivity (Wildman–Crippen MR) is 77.4 cm³/mol. The van der Waals surface area contributed by atoms with Gasteiger partial charge in [-0.1, -0.05) is 13.8 Å². The molecular formula is C16H22N2O. The zero-order chi connectivity index (χ0) is 13.6. The summed E-state index contributed by atoms with van der Waals surface area (Å²) in [7, 11) is 1.71. The quantitative estimate of drug-likeness (QED) is 0.837. The Morgan fingerprint density at radius 3 is 2.79 bits per heavy atom. The molecule has 2 aromatic rings. The number of nitrogens with zero attached hydrogens (tertiary/aromatic N) is 2. The molecule has 0 saturated heterocycles. The van der Waals surface area contributed by atoms with Crippen molar-refractivity contribution in [1.82, 2.24) is 9.78 Å². The first-order valence-electron chi connectivity index (χ1n) is 7.14. The van der Waals surface area contributed by atoms with Crippen molar-refractivity contribution in [2.75, 3.05) is 7.11 Å². The fraction of sp³-hybridized carbons (Fsp3) is 0.562. The van der Waals surface area contributed by atoms with E-state index < -0.39 is 0 Å². The van der Waals surface area contributed by atoms with Crippen molar-refractivity contribution in [2.24, 2.45) is 5.92 Å². The van der Waals surface area contributed by atoms with Gasteiger partial charge in [-0.3, -0.25) is 0 Å². The highest BCUT2D eigenvalue weighted by Crippen LogP contribution is 2.50. The lowest BCUT2D eigenvalue weighted by molar-refractivity contribution is 0.124. The van der Waals surface area contributed by atoms with Crippen molar-refractivity contribution in [2.45, 2.75) is 46.3 Å². The minimum absolute atomic E-state index is 0.519. The first-order chi connectivity index (χ1) is 9.17. The highest BCUT2D eigenvalue weighted by atomic mass is 16.5. The topological polar surface area (TPSA) is 27.1 Å². The number of hydrogen-bond acceptors (Lipinski definition) is 2. The Balaban J connectivity index is 2.20. The molecule has 1 aromatic heterocycles. The van der Waals surface area contributed by atoms with Gasteiger partial charge in [0.25, 0.3) is 0 Å². The Hall–Kier alpha value is -1.35. The first kappa shape index (κ1) is 12.7. The van der Waals surface area contributed by atoms with Crippen LogP contribution in [0, 0.1) is 12.8 Å². The Labute approximate surface area is 114 Å². The smallest absolute Gasteiger partial charge is 0.139 e. The Bertz CT molecular complexity index is 615. The van der Waals surface area contributed by atoms with Crippen LogP contribution in [0.2, 0.25) is 0 Å². The lowest BCUT2D eigenvalue weighted by Crippen LogP contribution is -2.03. The van der Waals surface area contributed by atoms with E-state index in [1.54, 1.807) is 12.7 Å². The highest BCUT2D eigenvalue weighted by molar-refractivity contribution is 5.85. The fourth-order valence-corrected chi connectivity index (χ4v) is 3.29. The standard InChI is InChI=1S/C16H22N2O/c1-5-12-14-8-17-18(9-19-4)15(14)7-11(3)16(12)13-6-10(13)2/h7-8,10,13H,5-6,9H2,1-4H3. The van der Waals surface area contributed by atoms with E-state index in [0.29, 0.717) is 6.73 Å². The van der Waals surface area contributed by atoms with Crippen molar-refractivity contribution in [3.05, 3.63) is 29.0 Å². The van der Waals surface area contributed by atoms with E-state index >= 15 is 0 Å². The summed E-state index contributed by atoms with van der Waals surface area (Å²) >= 11 is 0. The van der Waals surface area contributed by atoms with E-state index in [4.69, 9.17) is 4.74 Å². The van der Waals surface area contributed by atoms with E-state index in [1.165, 1.54) is 28.5 Å². The number of aryl methyl sites for hydroxylation is 2. The van der Waals surface area contributed by atoms with E-state index in [2.05, 4.69) is 31.9 Å². The van der Waals surface area contributed by atoms with Gasteiger partial charge in [0.2, 0.25) is 0 Å². The van der Waals surface area contributed by atoms with Crippen LogP contribution in [0.25, 0.3) is 10.9 Å². The molecule has 2 atom stereocenters. The summed E-state index contributed by atoms with van der Waals surface area (Å²) in [5, 5.41) is 5.77. The van der Waals surface area contributed by atoms with Crippen LogP contribution in [0.15, 0.2) is 12.3 Å². The molecule has 0 aliphatic heterocycles. The van der Waals surface area contributed by atoms with Crippen molar-refractivity contribution in [1.29, 1.82) is 0 Å². The molecule has 102 valence electrons. The lowest BCUT2D eigenvalue weighted by Gasteiger charge is -2.13. The number of ether oxygens (including phenoxy) is 1. The normalized spacial score (nSPS) is 22.1. The summed E-state index contributed by atoms with van der Waals surface area (Å²) in [6, 6.07) is 2.28. The van der Waals surface area contributed by atoms with Crippen molar-refractivity contribution < 1.29 is 4.74 Å². The molecule has 3 nitrogen and oxygen atoms in total. The van der Waals surface area contributed by atoms with Gasteiger partial charge < -0.3 is 4.74 Å². The molecule has 0 spiro atoms. The largest absolute Gasteiger partial charge is 0.362 e. The highest BCUT2D eigenvalue weighted by Gasteiger charge is 2.36. The number of aromatic nitrogens is 2. The Morgan fingerprint density at radius 1 is 1.47 bits per heavy atom. The molecule has 0 N–H and O–H groups in total. The third-order valence-electron chi connectivity index (χ3n) is 4.39. The third-order valence-corrected chi connectivity index (χ3v) is 4.39. The summed E-state index contributed by atoms with van der Waals surface area (Å²) < 4.78 is 7.16. The number of fused-ring (bicyclic) bond motifs is 1. The lowest BCUT2D eigenvalue weighted by atomic mass is 9.92. The molecule has 1 aromatic carbocycles. The SMILES string of the molecule is CCc1c(C2CC2C)c(C)cc2c1cnn2COC. The van der Waals surface area contributed by atoms with Gasteiger partial charge in [0.15, 0.2) is 0 Å². The van der Waals surface area contributed by atoms with Crippen LogP contribution >= 0.6 is 0 Å². The number of benzene rings is 1. The minimum Gasteiger partial charge on any atom is -0.362 e. The molecule has 3 rings (SSSR count). The number of rotatable bonds is 4. The zero-order valence-electron chi connectivity index (χ0n) is 12.2. The second kappa shape index (κ2) is 4.64. The molecule has 1 aliphatic rings. The minimum atomic E-state index is 0.519. The molecule has 19 heavy (non-hydrogen) atoms. The van der Waals surface area contributed by atoms with E-state index in [0.717, 1.165) is 18.3 Å². The molecule has 0 radical (unpaired) electrons. The van der Waals surface area contributed by atoms with Crippen LogP contribution in [-0.4, -0.2) is 16.9 Å². The zero-order valence-corrected chi connectivity index (χ0v) is 12.2. The second-order valence-corrected chi connectivity index (χ2v) is 5.75. The summed E-state index contributed by atoms with van der Waals surface area (Å²) in [6.07, 6.45) is 4.42. The van der Waals surface area contributed by atoms with Gasteiger partial charge in [0.05, 0.1) is 11.7 Å². The summed E-state index contributed by atoms with van der Waals surface area (Å²) in [5.74, 6) is 1.61. The van der Waals surface area contributed by atoms with Crippen LogP contribution < -0.4 is 0 Å². The monoisotopic (exact) mass is 258 g/mol. The van der Waals surface area contributed by atoms with Gasteiger partial charge in [-0.15, -0.1) is 0 Å². The Morgan fingerprint density at radius 2 is 2.21 bits per heavy atom. The molecule has 2 unspecified atom stereocenters. The fourth-order valence-electron chi connectivity index (χ4n) is 3.29. The van der Waals surface area contributed by atoms with Gasteiger partial charge in [-0.2, -0.15) is 5.10 Å². The van der Waals surface area contributed by atoms with Gasteiger partial charge in [-0.25, -0.2) is 4.68 Å². The summed E-state index contributed by atoms with van der Waals surface area (Å²) in [6.45, 7) is 7.36. The van der Waals surface area contributed by atoms with E-state index in [-0.39, 0.29) is 0 Å². The predicted octanol–water partition coefficient (Wildman–Crippen LogP) is 3.63. The average molecular weight is 258 g/mol. The molecule has 0 bridgehead atoms. The maximum Gasteiger partial charge on any atom is 0.139 e. The first-order valence-corrected chi connectivity index (χ1v) is 7.14. The summed E-state index contributed by atoms with van der Waals surface area (Å²) in [5.41, 5.74) is 5.69. The molecule has 1 fully saturated rings. The molecule has 1 saturated carbocycles. The van der Waals surface area contributed by atoms with Crippen LogP contribution in [-0.2, 0) is 17.9 Å². The molecule has 0 amide bonds. The maximum absolute atomic E-state index is 5.22. The van der Waals surface area contributed by atoms with Crippen LogP contribution in [0.4, 0.5) is 0 Å². The number of methoxy groups -OCH3 is 1. The molecular weight excluding hydrogens is 236 g/mol. The molecule has 3 heteroatoms. The number of hydrogen-bond donors (Lipinski definition) is 0. The third kappa shape index (κ3) is 1.96. The van der Waals surface area contributed by atoms with E-state index in [9.17, 15) is 0 Å². The molecule has 1 heterocycles. The van der Waals surface area contributed by atoms with Crippen LogP contribution in [0.1, 0.15) is 42.9 Å². The van der Waals surface area contributed by atoms with Crippen LogP contribution in [0.5, 0.6) is 0 Å². The maximum atomic E-state index is 5.22. The van der Waals surface area contributed by atoms with Crippen LogP contribution in [0.3, 0.4) is 0 Å². The van der Waals surface area contributed by atoms with Crippen molar-refractivity contribution in [3.8, 4) is 0 Å².